The van der Waals surface area contributed by atoms with Gasteiger partial charge in [0.2, 0.25) is 0 Å². The summed E-state index contributed by atoms with van der Waals surface area (Å²) in [6, 6.07) is 0. The van der Waals surface area contributed by atoms with Crippen LogP contribution >= 0.6 is 11.3 Å². The normalized spacial score (nSPS) is 21.9. The van der Waals surface area contributed by atoms with Crippen LogP contribution in [0.1, 0.15) is 51.0 Å². The second-order valence-electron chi connectivity index (χ2n) is 9.68. The molecule has 0 aromatic carbocycles. The number of hydrogen-bond donors (Lipinski definition) is 1. The highest BCUT2D eigenvalue weighted by molar-refractivity contribution is 7.11. The summed E-state index contributed by atoms with van der Waals surface area (Å²) in [7, 11) is 1.57. The molecule has 1 aliphatic heterocycles. The molecule has 0 radical (unpaired) electrons. The number of anilines is 1. The third-order valence-electron chi connectivity index (χ3n) is 5.38. The highest BCUT2D eigenvalue weighted by atomic mass is 32.1. The molecule has 0 bridgehead atoms. The minimum atomic E-state index is -0.0861. The van der Waals surface area contributed by atoms with E-state index in [-0.39, 0.29) is 29.8 Å². The zero-order valence-electron chi connectivity index (χ0n) is 19.3. The first kappa shape index (κ1) is 24.6. The van der Waals surface area contributed by atoms with Gasteiger partial charge in [0.15, 0.2) is 12.3 Å². The van der Waals surface area contributed by atoms with Crippen LogP contribution in [0.4, 0.5) is 5.69 Å². The van der Waals surface area contributed by atoms with Crippen LogP contribution < -0.4 is 5.32 Å². The van der Waals surface area contributed by atoms with Crippen LogP contribution in [0.15, 0.2) is 12.0 Å². The second-order valence-corrected chi connectivity index (χ2v) is 10.6. The molecule has 1 saturated heterocycles. The van der Waals surface area contributed by atoms with Crippen LogP contribution in [0, 0.1) is 12.3 Å². The van der Waals surface area contributed by atoms with E-state index in [1.807, 2.05) is 12.3 Å². The molecule has 0 spiro atoms. The number of aryl methyl sites for hydroxylation is 1. The van der Waals surface area contributed by atoms with Gasteiger partial charge < -0.3 is 19.3 Å². The molecule has 0 saturated carbocycles. The van der Waals surface area contributed by atoms with E-state index in [4.69, 9.17) is 9.47 Å². The van der Waals surface area contributed by atoms with Crippen LogP contribution in [0.2, 0.25) is 0 Å². The van der Waals surface area contributed by atoms with Crippen molar-refractivity contribution in [3.8, 4) is 0 Å². The van der Waals surface area contributed by atoms with Gasteiger partial charge in [0.05, 0.1) is 43.5 Å². The van der Waals surface area contributed by atoms with Gasteiger partial charge >= 0.3 is 0 Å². The number of nitrogens with one attached hydrogen (secondary N) is 1. The van der Waals surface area contributed by atoms with Gasteiger partial charge in [-0.3, -0.25) is 9.59 Å². The Kier molecular flexibility index (Phi) is 8.25. The summed E-state index contributed by atoms with van der Waals surface area (Å²) in [4.78, 5) is 25.8. The number of ether oxygens (including phenoxy) is 2. The molecule has 0 unspecified atom stereocenters. The van der Waals surface area contributed by atoms with Gasteiger partial charge in [-0.2, -0.15) is 0 Å². The molecule has 0 atom stereocenters. The average Bonchev–Trinajstić information content (AvgIpc) is 2.99. The predicted octanol–water partition coefficient (Wildman–Crippen LogP) is 4.24. The summed E-state index contributed by atoms with van der Waals surface area (Å²) in [5.74, 6) is 0.557. The fourth-order valence-electron chi connectivity index (χ4n) is 3.85. The Morgan fingerprint density at radius 3 is 2.43 bits per heavy atom. The number of methoxy groups -OCH3 is 1. The number of rotatable bonds is 9. The Bertz CT molecular complexity index is 771. The van der Waals surface area contributed by atoms with Crippen molar-refractivity contribution in [1.82, 2.24) is 0 Å². The second kappa shape index (κ2) is 10.1. The molecule has 1 fully saturated rings. The monoisotopic (exact) mass is 437 g/mol. The maximum Gasteiger partial charge on any atom is 0.279 e. The standard InChI is InChI=1S/C23H36N2O4S/c1-16-14-30-22(18(3)28-7)21(16)24-20(27)13-25(12-17(2)26)10-8-19(9-11-25)29-15-23(4,5)6/h14,19H,3,8-13,15H2,1-2,4-7H3/p+1. The molecule has 1 aromatic heterocycles. The average molecular weight is 438 g/mol. The largest absolute Gasteiger partial charge is 0.496 e. The van der Waals surface area contributed by atoms with Crippen molar-refractivity contribution < 1.29 is 23.5 Å². The molecule has 0 aliphatic carbocycles. The molecule has 2 heterocycles. The van der Waals surface area contributed by atoms with E-state index in [9.17, 15) is 9.59 Å². The summed E-state index contributed by atoms with van der Waals surface area (Å²) in [6.45, 7) is 16.9. The summed E-state index contributed by atoms with van der Waals surface area (Å²) in [5, 5.41) is 5.03. The van der Waals surface area contributed by atoms with Crippen LogP contribution in [-0.2, 0) is 19.1 Å². The van der Waals surface area contributed by atoms with Gasteiger partial charge in [-0.1, -0.05) is 27.4 Å². The van der Waals surface area contributed by atoms with Gasteiger partial charge in [-0.25, -0.2) is 0 Å². The van der Waals surface area contributed by atoms with Crippen molar-refractivity contribution in [2.45, 2.75) is 53.6 Å². The summed E-state index contributed by atoms with van der Waals surface area (Å²) < 4.78 is 11.8. The number of thiophene rings is 1. The number of carbonyl (C=O) groups is 2. The lowest BCUT2D eigenvalue weighted by Gasteiger charge is -2.42. The van der Waals surface area contributed by atoms with Crippen molar-refractivity contribution in [2.75, 3.05) is 45.2 Å². The van der Waals surface area contributed by atoms with Gasteiger partial charge in [0.25, 0.3) is 5.91 Å². The van der Waals surface area contributed by atoms with Crippen LogP contribution in [0.3, 0.4) is 0 Å². The molecule has 1 amide bonds. The molecule has 7 heteroatoms. The number of hydrogen-bond acceptors (Lipinski definition) is 5. The lowest BCUT2D eigenvalue weighted by atomic mass is 9.97. The number of ketones is 1. The molecule has 1 N–H and O–H groups in total. The number of piperidine rings is 1. The topological polar surface area (TPSA) is 64.6 Å². The minimum absolute atomic E-state index is 0.0861. The highest BCUT2D eigenvalue weighted by Gasteiger charge is 2.38. The van der Waals surface area contributed by atoms with E-state index < -0.39 is 0 Å². The van der Waals surface area contributed by atoms with Crippen LogP contribution in [-0.4, -0.2) is 62.2 Å². The summed E-state index contributed by atoms with van der Waals surface area (Å²) in [5.41, 5.74) is 1.86. The lowest BCUT2D eigenvalue weighted by Crippen LogP contribution is -2.59. The van der Waals surface area contributed by atoms with Gasteiger partial charge in [0.1, 0.15) is 12.3 Å². The Morgan fingerprint density at radius 2 is 1.90 bits per heavy atom. The predicted molar refractivity (Wildman–Crippen MR) is 123 cm³/mol. The van der Waals surface area contributed by atoms with E-state index in [0.717, 1.165) is 42.1 Å². The fourth-order valence-corrected chi connectivity index (χ4v) is 4.81. The number of quaternary nitrogens is 1. The van der Waals surface area contributed by atoms with Gasteiger partial charge in [-0.05, 0) is 23.3 Å². The van der Waals surface area contributed by atoms with Gasteiger partial charge in [-0.15, -0.1) is 11.3 Å². The minimum Gasteiger partial charge on any atom is -0.496 e. The van der Waals surface area contributed by atoms with Crippen molar-refractivity contribution in [2.24, 2.45) is 5.41 Å². The van der Waals surface area contributed by atoms with Crippen molar-refractivity contribution in [3.63, 3.8) is 0 Å². The zero-order chi connectivity index (χ0) is 22.5. The van der Waals surface area contributed by atoms with E-state index in [1.54, 1.807) is 14.0 Å². The number of nitrogens with zero attached hydrogens (tertiary/aromatic N) is 1. The molecule has 168 valence electrons. The van der Waals surface area contributed by atoms with E-state index in [2.05, 4.69) is 32.7 Å². The third kappa shape index (κ3) is 6.93. The molecule has 2 rings (SSSR count). The summed E-state index contributed by atoms with van der Waals surface area (Å²) >= 11 is 1.50. The first-order valence-electron chi connectivity index (χ1n) is 10.5. The number of likely N-dealkylation sites (tertiary alicyclic amines) is 1. The SMILES string of the molecule is C=C(OC)c1scc(C)c1NC(=O)C[N+]1(CC(C)=O)CCC(OCC(C)(C)C)CC1. The Hall–Kier alpha value is -1.70. The lowest BCUT2D eigenvalue weighted by molar-refractivity contribution is -0.918. The van der Waals surface area contributed by atoms with Crippen molar-refractivity contribution >= 4 is 34.5 Å². The Labute approximate surface area is 184 Å². The number of carbonyl (C=O) groups excluding carboxylic acids is 2. The van der Waals surface area contributed by atoms with Crippen molar-refractivity contribution in [3.05, 3.63) is 22.4 Å². The fraction of sp³-hybridized carbons (Fsp3) is 0.652. The van der Waals surface area contributed by atoms with Crippen LogP contribution in [0.5, 0.6) is 0 Å². The van der Waals surface area contributed by atoms with Gasteiger partial charge in [0, 0.05) is 19.8 Å². The zero-order valence-corrected chi connectivity index (χ0v) is 20.1. The number of Topliss-reactive ketones (excluding diaryl/α,β-unsaturated/α-hetero) is 1. The summed E-state index contributed by atoms with van der Waals surface area (Å²) in [6.07, 6.45) is 1.92. The first-order chi connectivity index (χ1) is 13.9. The van der Waals surface area contributed by atoms with E-state index >= 15 is 0 Å². The maximum absolute atomic E-state index is 13.0. The smallest absolute Gasteiger partial charge is 0.279 e. The molecule has 1 aliphatic rings. The van der Waals surface area contributed by atoms with Crippen LogP contribution in [0.25, 0.3) is 5.76 Å². The quantitative estimate of drug-likeness (QED) is 0.463. The van der Waals surface area contributed by atoms with Crippen molar-refractivity contribution in [1.29, 1.82) is 0 Å². The molecular formula is C23H37N2O4S+. The number of amides is 1. The van der Waals surface area contributed by atoms with E-state index in [0.29, 0.717) is 23.4 Å². The third-order valence-corrected chi connectivity index (χ3v) is 6.52. The molecule has 30 heavy (non-hydrogen) atoms. The maximum atomic E-state index is 13.0. The Balaban J connectivity index is 2.05. The molecule has 6 nitrogen and oxygen atoms in total. The Morgan fingerprint density at radius 1 is 1.27 bits per heavy atom. The molecular weight excluding hydrogens is 400 g/mol. The van der Waals surface area contributed by atoms with E-state index in [1.165, 1.54) is 11.3 Å². The molecule has 1 aromatic rings. The first-order valence-corrected chi connectivity index (χ1v) is 11.4. The highest BCUT2D eigenvalue weighted by Crippen LogP contribution is 2.33.